The zero-order chi connectivity index (χ0) is 20.9. The number of halogens is 1. The van der Waals surface area contributed by atoms with Crippen LogP contribution in [0.5, 0.6) is 0 Å². The normalized spacial score (nSPS) is 14.8. The van der Waals surface area contributed by atoms with Crippen molar-refractivity contribution in [2.24, 2.45) is 0 Å². The molecule has 156 valence electrons. The van der Waals surface area contributed by atoms with Crippen molar-refractivity contribution in [2.45, 2.75) is 26.3 Å². The molecule has 1 aliphatic heterocycles. The summed E-state index contributed by atoms with van der Waals surface area (Å²) in [6.45, 7) is 6.22. The van der Waals surface area contributed by atoms with Crippen LogP contribution in [-0.4, -0.2) is 52.0 Å². The van der Waals surface area contributed by atoms with Gasteiger partial charge in [-0.25, -0.2) is 4.39 Å². The molecule has 7 heteroatoms. The van der Waals surface area contributed by atoms with Gasteiger partial charge in [0.05, 0.1) is 0 Å². The number of aryl methyl sites for hydroxylation is 2. The Morgan fingerprint density at radius 1 is 1.10 bits per heavy atom. The lowest BCUT2D eigenvalue weighted by Crippen LogP contribution is -2.48. The Kier molecular flexibility index (Phi) is 6.18. The average Bonchev–Trinajstić information content (AvgIpc) is 3.22. The molecule has 2 aromatic carbocycles. The number of aromatic nitrogens is 2. The standard InChI is InChI=1S/C23H25FN4O2/c1-17-3-2-4-18(15-17)16-27-11-13-28(14-12-27)22(29)10-9-21-25-23(26-30-21)19-5-7-20(24)8-6-19/h2-8,15H,9-14,16H2,1H3. The van der Waals surface area contributed by atoms with Gasteiger partial charge in [0.15, 0.2) is 0 Å². The Balaban J connectivity index is 1.24. The monoisotopic (exact) mass is 408 g/mol. The van der Waals surface area contributed by atoms with E-state index in [4.69, 9.17) is 4.52 Å². The highest BCUT2D eigenvalue weighted by Gasteiger charge is 2.21. The number of piperazine rings is 1. The first kappa shape index (κ1) is 20.2. The van der Waals surface area contributed by atoms with Crippen LogP contribution in [0.3, 0.4) is 0 Å². The predicted molar refractivity (Wildman–Crippen MR) is 111 cm³/mol. The number of carbonyl (C=O) groups is 1. The molecule has 0 atom stereocenters. The number of hydrogen-bond donors (Lipinski definition) is 0. The third-order valence-electron chi connectivity index (χ3n) is 5.34. The number of benzene rings is 2. The van der Waals surface area contributed by atoms with Crippen molar-refractivity contribution in [1.29, 1.82) is 0 Å². The highest BCUT2D eigenvalue weighted by molar-refractivity contribution is 5.76. The van der Waals surface area contributed by atoms with Crippen molar-refractivity contribution in [3.63, 3.8) is 0 Å². The molecule has 0 unspecified atom stereocenters. The SMILES string of the molecule is Cc1cccc(CN2CCN(C(=O)CCc3nc(-c4ccc(F)cc4)no3)CC2)c1. The zero-order valence-corrected chi connectivity index (χ0v) is 17.1. The molecule has 0 saturated carbocycles. The van der Waals surface area contributed by atoms with Crippen LogP contribution in [0, 0.1) is 12.7 Å². The van der Waals surface area contributed by atoms with E-state index >= 15 is 0 Å². The molecule has 4 rings (SSSR count). The highest BCUT2D eigenvalue weighted by Crippen LogP contribution is 2.17. The van der Waals surface area contributed by atoms with Crippen LogP contribution in [0.1, 0.15) is 23.4 Å². The van der Waals surface area contributed by atoms with Gasteiger partial charge in [0.2, 0.25) is 17.6 Å². The minimum atomic E-state index is -0.313. The maximum Gasteiger partial charge on any atom is 0.227 e. The van der Waals surface area contributed by atoms with Crippen LogP contribution in [0.15, 0.2) is 53.1 Å². The molecule has 0 spiro atoms. The van der Waals surface area contributed by atoms with E-state index < -0.39 is 0 Å². The summed E-state index contributed by atoms with van der Waals surface area (Å²) in [7, 11) is 0. The van der Waals surface area contributed by atoms with Crippen LogP contribution in [0.4, 0.5) is 4.39 Å². The van der Waals surface area contributed by atoms with Gasteiger partial charge in [0, 0.05) is 51.1 Å². The second-order valence-electron chi connectivity index (χ2n) is 7.66. The predicted octanol–water partition coefficient (Wildman–Crippen LogP) is 3.46. The summed E-state index contributed by atoms with van der Waals surface area (Å²) >= 11 is 0. The maximum absolute atomic E-state index is 13.0. The fourth-order valence-electron chi connectivity index (χ4n) is 3.67. The van der Waals surface area contributed by atoms with E-state index in [0.717, 1.165) is 32.7 Å². The minimum Gasteiger partial charge on any atom is -0.340 e. The van der Waals surface area contributed by atoms with Crippen LogP contribution in [-0.2, 0) is 17.8 Å². The fourth-order valence-corrected chi connectivity index (χ4v) is 3.67. The Labute approximate surface area is 175 Å². The summed E-state index contributed by atoms with van der Waals surface area (Å²) in [4.78, 5) is 21.2. The molecule has 1 aliphatic rings. The van der Waals surface area contributed by atoms with Gasteiger partial charge in [-0.15, -0.1) is 0 Å². The maximum atomic E-state index is 13.0. The molecule has 1 saturated heterocycles. The fraction of sp³-hybridized carbons (Fsp3) is 0.348. The lowest BCUT2D eigenvalue weighted by Gasteiger charge is -2.34. The lowest BCUT2D eigenvalue weighted by molar-refractivity contribution is -0.133. The molecule has 30 heavy (non-hydrogen) atoms. The van der Waals surface area contributed by atoms with Gasteiger partial charge < -0.3 is 9.42 Å². The number of carbonyl (C=O) groups excluding carboxylic acids is 1. The van der Waals surface area contributed by atoms with E-state index in [1.54, 1.807) is 12.1 Å². The van der Waals surface area contributed by atoms with E-state index in [0.29, 0.717) is 30.1 Å². The van der Waals surface area contributed by atoms with Crippen molar-refractivity contribution >= 4 is 5.91 Å². The van der Waals surface area contributed by atoms with Crippen molar-refractivity contribution in [2.75, 3.05) is 26.2 Å². The summed E-state index contributed by atoms with van der Waals surface area (Å²) in [6.07, 6.45) is 0.736. The largest absolute Gasteiger partial charge is 0.340 e. The first-order valence-corrected chi connectivity index (χ1v) is 10.2. The Morgan fingerprint density at radius 3 is 2.60 bits per heavy atom. The highest BCUT2D eigenvalue weighted by atomic mass is 19.1. The van der Waals surface area contributed by atoms with Gasteiger partial charge in [-0.05, 0) is 36.8 Å². The summed E-state index contributed by atoms with van der Waals surface area (Å²) < 4.78 is 18.3. The molecule has 1 aromatic heterocycles. The third kappa shape index (κ3) is 5.10. The van der Waals surface area contributed by atoms with Gasteiger partial charge in [0.25, 0.3) is 0 Å². The second kappa shape index (κ2) is 9.17. The number of hydrogen-bond acceptors (Lipinski definition) is 5. The number of nitrogens with zero attached hydrogens (tertiary/aromatic N) is 4. The van der Waals surface area contributed by atoms with Crippen LogP contribution >= 0.6 is 0 Å². The molecule has 2 heterocycles. The molecule has 0 aliphatic carbocycles. The molecule has 1 fully saturated rings. The molecule has 1 amide bonds. The molecular weight excluding hydrogens is 383 g/mol. The minimum absolute atomic E-state index is 0.103. The average molecular weight is 408 g/mol. The van der Waals surface area contributed by atoms with Crippen LogP contribution in [0.25, 0.3) is 11.4 Å². The molecule has 0 bridgehead atoms. The first-order chi connectivity index (χ1) is 14.6. The Hall–Kier alpha value is -3.06. The molecule has 0 radical (unpaired) electrons. The summed E-state index contributed by atoms with van der Waals surface area (Å²) in [5.41, 5.74) is 3.26. The number of rotatable bonds is 6. The summed E-state index contributed by atoms with van der Waals surface area (Å²) in [6, 6.07) is 14.5. The Morgan fingerprint density at radius 2 is 1.87 bits per heavy atom. The van der Waals surface area contributed by atoms with Crippen LogP contribution < -0.4 is 0 Å². The first-order valence-electron chi connectivity index (χ1n) is 10.2. The number of amides is 1. The quantitative estimate of drug-likeness (QED) is 0.625. The van der Waals surface area contributed by atoms with Gasteiger partial charge in [-0.3, -0.25) is 9.69 Å². The van der Waals surface area contributed by atoms with Gasteiger partial charge in [-0.1, -0.05) is 35.0 Å². The molecule has 0 N–H and O–H groups in total. The van der Waals surface area contributed by atoms with Gasteiger partial charge in [0.1, 0.15) is 5.82 Å². The summed E-state index contributed by atoms with van der Waals surface area (Å²) in [5.74, 6) is 0.613. The third-order valence-corrected chi connectivity index (χ3v) is 5.34. The van der Waals surface area contributed by atoms with Gasteiger partial charge in [-0.2, -0.15) is 4.98 Å². The van der Waals surface area contributed by atoms with Crippen molar-refractivity contribution in [3.05, 3.63) is 71.4 Å². The van der Waals surface area contributed by atoms with E-state index in [-0.39, 0.29) is 11.7 Å². The topological polar surface area (TPSA) is 62.5 Å². The molecular formula is C23H25FN4O2. The van der Waals surface area contributed by atoms with Crippen LogP contribution in [0.2, 0.25) is 0 Å². The van der Waals surface area contributed by atoms with Crippen molar-refractivity contribution in [3.8, 4) is 11.4 Å². The zero-order valence-electron chi connectivity index (χ0n) is 17.1. The lowest BCUT2D eigenvalue weighted by atomic mass is 10.1. The Bertz CT molecular complexity index is 994. The van der Waals surface area contributed by atoms with E-state index in [2.05, 4.69) is 46.2 Å². The van der Waals surface area contributed by atoms with Gasteiger partial charge >= 0.3 is 0 Å². The summed E-state index contributed by atoms with van der Waals surface area (Å²) in [5, 5.41) is 3.92. The molecule has 3 aromatic rings. The van der Waals surface area contributed by atoms with E-state index in [9.17, 15) is 9.18 Å². The van der Waals surface area contributed by atoms with Crippen molar-refractivity contribution in [1.82, 2.24) is 19.9 Å². The van der Waals surface area contributed by atoms with E-state index in [1.807, 2.05) is 4.90 Å². The second-order valence-corrected chi connectivity index (χ2v) is 7.66. The van der Waals surface area contributed by atoms with E-state index in [1.165, 1.54) is 23.3 Å². The van der Waals surface area contributed by atoms with Crippen molar-refractivity contribution < 1.29 is 13.7 Å². The smallest absolute Gasteiger partial charge is 0.227 e. The molecule has 6 nitrogen and oxygen atoms in total.